The highest BCUT2D eigenvalue weighted by Crippen LogP contribution is 2.61. The second-order valence-electron chi connectivity index (χ2n) is 11.1. The highest BCUT2D eigenvalue weighted by molar-refractivity contribution is 5.25. The van der Waals surface area contributed by atoms with Gasteiger partial charge in [0.15, 0.2) is 5.79 Å². The van der Waals surface area contributed by atoms with Crippen LogP contribution >= 0.6 is 0 Å². The Kier molecular flexibility index (Phi) is 3.96. The van der Waals surface area contributed by atoms with Gasteiger partial charge in [-0.3, -0.25) is 0 Å². The Hall–Kier alpha value is -0.380. The summed E-state index contributed by atoms with van der Waals surface area (Å²) >= 11 is 0. The largest absolute Gasteiger partial charge is 0.393 e. The van der Waals surface area contributed by atoms with E-state index in [-0.39, 0.29) is 22.7 Å². The van der Waals surface area contributed by atoms with Crippen LogP contribution in [-0.2, 0) is 9.47 Å². The SMILES string of the molecule is CC1(C)COC2(CCC3C4=CC[C@@]5(C)C(CC[C@@H]5O)C4CCC3C2)OC1. The quantitative estimate of drug-likeness (QED) is 0.637. The minimum atomic E-state index is -0.295. The molecule has 26 heavy (non-hydrogen) atoms. The molecule has 0 aromatic heterocycles. The van der Waals surface area contributed by atoms with Crippen LogP contribution in [0, 0.1) is 34.5 Å². The van der Waals surface area contributed by atoms with Gasteiger partial charge in [0.1, 0.15) is 0 Å². The van der Waals surface area contributed by atoms with Crippen LogP contribution in [0.1, 0.15) is 72.1 Å². The molecular formula is C23H36O3. The summed E-state index contributed by atoms with van der Waals surface area (Å²) in [5.74, 6) is 2.61. The Balaban J connectivity index is 1.34. The van der Waals surface area contributed by atoms with Crippen molar-refractivity contribution in [2.75, 3.05) is 13.2 Å². The van der Waals surface area contributed by atoms with Gasteiger partial charge >= 0.3 is 0 Å². The molecule has 6 atom stereocenters. The zero-order chi connectivity index (χ0) is 18.2. The van der Waals surface area contributed by atoms with Gasteiger partial charge in [-0.1, -0.05) is 32.4 Å². The van der Waals surface area contributed by atoms with Gasteiger partial charge in [0.05, 0.1) is 19.3 Å². The van der Waals surface area contributed by atoms with E-state index in [1.54, 1.807) is 5.57 Å². The fourth-order valence-electron chi connectivity index (χ4n) is 7.10. The van der Waals surface area contributed by atoms with Gasteiger partial charge in [0, 0.05) is 23.7 Å². The highest BCUT2D eigenvalue weighted by atomic mass is 16.7. The van der Waals surface area contributed by atoms with E-state index in [0.717, 1.165) is 56.7 Å². The molecule has 0 radical (unpaired) electrons. The van der Waals surface area contributed by atoms with Gasteiger partial charge in [-0.25, -0.2) is 0 Å². The molecule has 1 spiro atoms. The van der Waals surface area contributed by atoms with E-state index in [4.69, 9.17) is 9.47 Å². The lowest BCUT2D eigenvalue weighted by atomic mass is 9.54. The molecule has 3 nitrogen and oxygen atoms in total. The van der Waals surface area contributed by atoms with Crippen LogP contribution in [0.3, 0.4) is 0 Å². The van der Waals surface area contributed by atoms with Gasteiger partial charge in [0.2, 0.25) is 0 Å². The molecule has 0 bridgehead atoms. The minimum Gasteiger partial charge on any atom is -0.393 e. The Labute approximate surface area is 158 Å². The average molecular weight is 361 g/mol. The monoisotopic (exact) mass is 360 g/mol. The number of fused-ring (bicyclic) bond motifs is 5. The summed E-state index contributed by atoms with van der Waals surface area (Å²) in [6.07, 6.45) is 11.8. The summed E-state index contributed by atoms with van der Waals surface area (Å²) in [4.78, 5) is 0. The summed E-state index contributed by atoms with van der Waals surface area (Å²) in [5, 5.41) is 10.6. The molecule has 1 aliphatic heterocycles. The molecule has 1 heterocycles. The average Bonchev–Trinajstić information content (AvgIpc) is 2.93. The first-order valence-corrected chi connectivity index (χ1v) is 11.0. The zero-order valence-electron chi connectivity index (χ0n) is 16.8. The lowest BCUT2D eigenvalue weighted by Gasteiger charge is -2.54. The summed E-state index contributed by atoms with van der Waals surface area (Å²) in [6.45, 7) is 8.46. The fraction of sp³-hybridized carbons (Fsp3) is 0.913. The predicted octanol–water partition coefficient (Wildman–Crippen LogP) is 4.69. The number of hydrogen-bond donors (Lipinski definition) is 1. The van der Waals surface area contributed by atoms with E-state index in [1.165, 1.54) is 25.7 Å². The molecule has 4 fully saturated rings. The lowest BCUT2D eigenvalue weighted by Crippen LogP contribution is -2.53. The lowest BCUT2D eigenvalue weighted by molar-refractivity contribution is -0.319. The summed E-state index contributed by atoms with van der Waals surface area (Å²) in [5.41, 5.74) is 2.04. The Bertz CT molecular complexity index is 599. The molecule has 5 aliphatic rings. The smallest absolute Gasteiger partial charge is 0.168 e. The van der Waals surface area contributed by atoms with Crippen molar-refractivity contribution >= 4 is 0 Å². The third-order valence-electron chi connectivity index (χ3n) is 8.76. The number of hydrogen-bond acceptors (Lipinski definition) is 3. The first-order valence-electron chi connectivity index (χ1n) is 11.0. The van der Waals surface area contributed by atoms with Crippen molar-refractivity contribution in [2.45, 2.75) is 84.0 Å². The van der Waals surface area contributed by atoms with Crippen molar-refractivity contribution in [3.63, 3.8) is 0 Å². The topological polar surface area (TPSA) is 38.7 Å². The van der Waals surface area contributed by atoms with Crippen LogP contribution in [0.2, 0.25) is 0 Å². The standard InChI is InChI=1S/C23H36O3/c1-21(2)13-25-23(26-14-21)11-9-16-15(12-23)4-5-18-17(16)8-10-22(3)19(18)6-7-20(22)24/h8,15-16,18-20,24H,4-7,9-14H2,1-3H3/t15?,16?,18?,19?,20-,22-/m0/s1. The number of rotatable bonds is 0. The van der Waals surface area contributed by atoms with Crippen LogP contribution in [0.15, 0.2) is 11.6 Å². The van der Waals surface area contributed by atoms with Crippen LogP contribution < -0.4 is 0 Å². The second kappa shape index (κ2) is 5.81. The number of allylic oxidation sites excluding steroid dienone is 2. The maximum absolute atomic E-state index is 10.6. The van der Waals surface area contributed by atoms with Gasteiger partial charge in [0.25, 0.3) is 0 Å². The van der Waals surface area contributed by atoms with Crippen LogP contribution in [0.25, 0.3) is 0 Å². The van der Waals surface area contributed by atoms with E-state index in [1.807, 2.05) is 0 Å². The third kappa shape index (κ3) is 2.57. The normalized spacial score (nSPS) is 49.1. The minimum absolute atomic E-state index is 0.0926. The van der Waals surface area contributed by atoms with Gasteiger partial charge in [-0.05, 0) is 62.2 Å². The van der Waals surface area contributed by atoms with E-state index in [2.05, 4.69) is 26.8 Å². The van der Waals surface area contributed by atoms with E-state index in [0.29, 0.717) is 5.92 Å². The van der Waals surface area contributed by atoms with Crippen LogP contribution in [-0.4, -0.2) is 30.2 Å². The van der Waals surface area contributed by atoms with Gasteiger partial charge in [-0.15, -0.1) is 0 Å². The van der Waals surface area contributed by atoms with Crippen molar-refractivity contribution in [1.82, 2.24) is 0 Å². The van der Waals surface area contributed by atoms with Crippen molar-refractivity contribution in [3.8, 4) is 0 Å². The summed E-state index contributed by atoms with van der Waals surface area (Å²) < 4.78 is 12.7. The molecule has 146 valence electrons. The maximum Gasteiger partial charge on any atom is 0.168 e. The highest BCUT2D eigenvalue weighted by Gasteiger charge is 2.56. The van der Waals surface area contributed by atoms with Crippen molar-refractivity contribution in [2.24, 2.45) is 34.5 Å². The molecule has 3 saturated carbocycles. The molecular weight excluding hydrogens is 324 g/mol. The molecule has 4 unspecified atom stereocenters. The summed E-state index contributed by atoms with van der Waals surface area (Å²) in [7, 11) is 0. The molecule has 1 N–H and O–H groups in total. The Morgan fingerprint density at radius 1 is 0.962 bits per heavy atom. The van der Waals surface area contributed by atoms with E-state index in [9.17, 15) is 5.11 Å². The van der Waals surface area contributed by atoms with Gasteiger partial charge in [-0.2, -0.15) is 0 Å². The maximum atomic E-state index is 10.6. The zero-order valence-corrected chi connectivity index (χ0v) is 16.8. The molecule has 4 aliphatic carbocycles. The first kappa shape index (κ1) is 17.7. The third-order valence-corrected chi connectivity index (χ3v) is 8.76. The van der Waals surface area contributed by atoms with E-state index < -0.39 is 0 Å². The Morgan fingerprint density at radius 2 is 1.73 bits per heavy atom. The van der Waals surface area contributed by atoms with Crippen LogP contribution in [0.4, 0.5) is 0 Å². The van der Waals surface area contributed by atoms with Crippen molar-refractivity contribution in [3.05, 3.63) is 11.6 Å². The second-order valence-corrected chi connectivity index (χ2v) is 11.1. The fourth-order valence-corrected chi connectivity index (χ4v) is 7.10. The van der Waals surface area contributed by atoms with Crippen LogP contribution in [0.5, 0.6) is 0 Å². The molecule has 5 rings (SSSR count). The summed E-state index contributed by atoms with van der Waals surface area (Å²) in [6, 6.07) is 0. The first-order chi connectivity index (χ1) is 12.3. The molecule has 0 aromatic rings. The molecule has 1 saturated heterocycles. The van der Waals surface area contributed by atoms with E-state index >= 15 is 0 Å². The van der Waals surface area contributed by atoms with Crippen molar-refractivity contribution < 1.29 is 14.6 Å². The number of aliphatic hydroxyl groups excluding tert-OH is 1. The predicted molar refractivity (Wildman–Crippen MR) is 102 cm³/mol. The molecule has 3 heteroatoms. The molecule has 0 amide bonds. The Morgan fingerprint density at radius 3 is 2.50 bits per heavy atom. The van der Waals surface area contributed by atoms with Crippen molar-refractivity contribution in [1.29, 1.82) is 0 Å². The number of ether oxygens (including phenoxy) is 2. The number of aliphatic hydroxyl groups is 1. The molecule has 0 aromatic carbocycles. The van der Waals surface area contributed by atoms with Gasteiger partial charge < -0.3 is 14.6 Å².